The number of carbonyl (C=O) groups is 2. The standard InChI is InChI=1S/C35H33F6N3O4/c1-24(26-17-28(34(36,37)38)19-29(18-26)35(39,40)41)48-23-33(27-11-6-3-7-12-27)15-14-32(21-42,43-16-8-13-30(43)45)22-44(33)31(46)47-20-25-9-4-2-5-10-25/h2-7,9-12,17-19,24H,8,13-16,20,22-23H2,1H3/t24-,32+,33?/m1/s1. The number of likely N-dealkylation sites (tertiary alicyclic amines) is 2. The minimum Gasteiger partial charge on any atom is -0.445 e. The third-order valence-corrected chi connectivity index (χ3v) is 9.07. The first-order chi connectivity index (χ1) is 22.7. The Kier molecular flexibility index (Phi) is 9.78. The Labute approximate surface area is 273 Å². The Balaban J connectivity index is 1.54. The second kappa shape index (κ2) is 13.5. The van der Waals surface area contributed by atoms with E-state index >= 15 is 0 Å². The summed E-state index contributed by atoms with van der Waals surface area (Å²) < 4.78 is 93.7. The fourth-order valence-electron chi connectivity index (χ4n) is 6.40. The van der Waals surface area contributed by atoms with Crippen LogP contribution in [0.1, 0.15) is 66.5 Å². The fraction of sp³-hybridized carbons (Fsp3) is 0.400. The average molecular weight is 674 g/mol. The van der Waals surface area contributed by atoms with Gasteiger partial charge in [-0.15, -0.1) is 0 Å². The molecule has 13 heteroatoms. The number of hydrogen-bond acceptors (Lipinski definition) is 5. The highest BCUT2D eigenvalue weighted by molar-refractivity contribution is 5.80. The van der Waals surface area contributed by atoms with E-state index in [1.807, 2.05) is 0 Å². The molecule has 0 aromatic heterocycles. The maximum atomic E-state index is 14.1. The molecule has 48 heavy (non-hydrogen) atoms. The van der Waals surface area contributed by atoms with Crippen LogP contribution in [0.15, 0.2) is 78.9 Å². The number of amides is 2. The Hall–Kier alpha value is -4.57. The van der Waals surface area contributed by atoms with Gasteiger partial charge in [0.05, 0.1) is 42.0 Å². The third-order valence-electron chi connectivity index (χ3n) is 9.07. The normalized spacial score (nSPS) is 22.3. The van der Waals surface area contributed by atoms with Crippen LogP contribution >= 0.6 is 0 Å². The highest BCUT2D eigenvalue weighted by atomic mass is 19.4. The van der Waals surface area contributed by atoms with E-state index < -0.39 is 46.8 Å². The van der Waals surface area contributed by atoms with Crippen LogP contribution in [0.3, 0.4) is 0 Å². The van der Waals surface area contributed by atoms with Crippen molar-refractivity contribution in [2.45, 2.75) is 68.7 Å². The number of nitrogens with zero attached hydrogens (tertiary/aromatic N) is 3. The van der Waals surface area contributed by atoms with E-state index in [-0.39, 0.29) is 56.6 Å². The first-order valence-corrected chi connectivity index (χ1v) is 15.4. The van der Waals surface area contributed by atoms with E-state index in [0.29, 0.717) is 36.2 Å². The topological polar surface area (TPSA) is 82.9 Å². The van der Waals surface area contributed by atoms with Crippen molar-refractivity contribution in [3.63, 3.8) is 0 Å². The van der Waals surface area contributed by atoms with Gasteiger partial charge in [-0.05, 0) is 61.1 Å². The summed E-state index contributed by atoms with van der Waals surface area (Å²) in [6.07, 6.45) is -11.2. The van der Waals surface area contributed by atoms with E-state index in [2.05, 4.69) is 6.07 Å². The molecule has 0 saturated carbocycles. The minimum atomic E-state index is -5.04. The molecule has 2 aliphatic rings. The molecule has 7 nitrogen and oxygen atoms in total. The number of piperidine rings is 1. The maximum absolute atomic E-state index is 14.1. The lowest BCUT2D eigenvalue weighted by Crippen LogP contribution is -2.66. The quantitative estimate of drug-likeness (QED) is 0.226. The molecule has 2 amide bonds. The molecular formula is C35H33F6N3O4. The van der Waals surface area contributed by atoms with Crippen LogP contribution in [0.4, 0.5) is 31.1 Å². The lowest BCUT2D eigenvalue weighted by molar-refractivity contribution is -0.143. The monoisotopic (exact) mass is 673 g/mol. The number of nitriles is 1. The summed E-state index contributed by atoms with van der Waals surface area (Å²) >= 11 is 0. The van der Waals surface area contributed by atoms with Gasteiger partial charge in [-0.3, -0.25) is 9.69 Å². The second-order valence-corrected chi connectivity index (χ2v) is 12.1. The smallest absolute Gasteiger partial charge is 0.416 e. The van der Waals surface area contributed by atoms with E-state index in [9.17, 15) is 41.2 Å². The second-order valence-electron chi connectivity index (χ2n) is 12.1. The van der Waals surface area contributed by atoms with Gasteiger partial charge >= 0.3 is 18.4 Å². The SMILES string of the molecule is C[C@@H](OCC1(c2ccccc2)CC[C@@](C#N)(N2CCCC2=O)CN1C(=O)OCc1ccccc1)c1cc(C(F)(F)F)cc(C(F)(F)F)c1. The van der Waals surface area contributed by atoms with Crippen molar-refractivity contribution >= 4 is 12.0 Å². The minimum absolute atomic E-state index is 0.0500. The molecule has 0 radical (unpaired) electrons. The fourth-order valence-corrected chi connectivity index (χ4v) is 6.40. The Morgan fingerprint density at radius 1 is 0.938 bits per heavy atom. The van der Waals surface area contributed by atoms with Crippen molar-refractivity contribution in [1.82, 2.24) is 9.80 Å². The predicted octanol–water partition coefficient (Wildman–Crippen LogP) is 8.01. The third kappa shape index (κ3) is 7.13. The van der Waals surface area contributed by atoms with Gasteiger partial charge in [-0.25, -0.2) is 4.79 Å². The zero-order valence-electron chi connectivity index (χ0n) is 26.0. The molecule has 2 aliphatic heterocycles. The van der Waals surface area contributed by atoms with Crippen LogP contribution in [0.25, 0.3) is 0 Å². The van der Waals surface area contributed by atoms with Gasteiger partial charge in [0.25, 0.3) is 0 Å². The van der Waals surface area contributed by atoms with Gasteiger partial charge in [0.2, 0.25) is 5.91 Å². The van der Waals surface area contributed by atoms with Gasteiger partial charge in [0.1, 0.15) is 12.1 Å². The maximum Gasteiger partial charge on any atom is 0.416 e. The zero-order chi connectivity index (χ0) is 34.7. The van der Waals surface area contributed by atoms with Gasteiger partial charge in [-0.2, -0.15) is 31.6 Å². The van der Waals surface area contributed by atoms with Crippen LogP contribution in [0.5, 0.6) is 0 Å². The number of alkyl halides is 6. The van der Waals surface area contributed by atoms with Gasteiger partial charge in [-0.1, -0.05) is 60.7 Å². The van der Waals surface area contributed by atoms with Crippen LogP contribution in [0.2, 0.25) is 0 Å². The molecule has 0 aliphatic carbocycles. The number of carbonyl (C=O) groups excluding carboxylic acids is 2. The number of hydrogen-bond donors (Lipinski definition) is 0. The molecule has 2 saturated heterocycles. The van der Waals surface area contributed by atoms with Crippen LogP contribution < -0.4 is 0 Å². The number of benzene rings is 3. The van der Waals surface area contributed by atoms with Crippen LogP contribution in [-0.4, -0.2) is 47.0 Å². The van der Waals surface area contributed by atoms with Crippen molar-refractivity contribution in [3.8, 4) is 6.07 Å². The average Bonchev–Trinajstić information content (AvgIpc) is 3.52. The molecule has 3 atom stereocenters. The first-order valence-electron chi connectivity index (χ1n) is 15.4. The lowest BCUT2D eigenvalue weighted by Gasteiger charge is -2.53. The van der Waals surface area contributed by atoms with Crippen LogP contribution in [0, 0.1) is 11.3 Å². The van der Waals surface area contributed by atoms with Gasteiger partial charge in [0, 0.05) is 13.0 Å². The van der Waals surface area contributed by atoms with E-state index in [4.69, 9.17) is 9.47 Å². The number of rotatable bonds is 8. The van der Waals surface area contributed by atoms with Gasteiger partial charge < -0.3 is 14.4 Å². The molecule has 3 aromatic carbocycles. The molecule has 0 N–H and O–H groups in total. The highest BCUT2D eigenvalue weighted by Crippen LogP contribution is 2.46. The first kappa shape index (κ1) is 34.8. The van der Waals surface area contributed by atoms with Crippen molar-refractivity contribution in [2.24, 2.45) is 0 Å². The number of ether oxygens (including phenoxy) is 2. The van der Waals surface area contributed by atoms with E-state index in [1.54, 1.807) is 60.7 Å². The molecule has 0 spiro atoms. The number of halogens is 6. The van der Waals surface area contributed by atoms with Crippen molar-refractivity contribution < 1.29 is 45.4 Å². The van der Waals surface area contributed by atoms with E-state index in [0.717, 1.165) is 0 Å². The van der Waals surface area contributed by atoms with E-state index in [1.165, 1.54) is 16.7 Å². The van der Waals surface area contributed by atoms with Crippen molar-refractivity contribution in [3.05, 3.63) is 107 Å². The Bertz CT molecular complexity index is 1630. The highest BCUT2D eigenvalue weighted by Gasteiger charge is 2.56. The summed E-state index contributed by atoms with van der Waals surface area (Å²) in [5.41, 5.74) is -4.84. The molecule has 2 fully saturated rings. The van der Waals surface area contributed by atoms with Crippen molar-refractivity contribution in [1.29, 1.82) is 5.26 Å². The molecule has 5 rings (SSSR count). The molecular weight excluding hydrogens is 640 g/mol. The molecule has 0 bridgehead atoms. The lowest BCUT2D eigenvalue weighted by atomic mass is 9.74. The Morgan fingerprint density at radius 3 is 2.08 bits per heavy atom. The van der Waals surface area contributed by atoms with Crippen LogP contribution in [-0.2, 0) is 38.8 Å². The molecule has 3 aromatic rings. The Morgan fingerprint density at radius 2 is 1.54 bits per heavy atom. The summed E-state index contributed by atoms with van der Waals surface area (Å²) in [6, 6.07) is 21.0. The summed E-state index contributed by atoms with van der Waals surface area (Å²) in [6.45, 7) is 0.897. The largest absolute Gasteiger partial charge is 0.445 e. The molecule has 2 heterocycles. The van der Waals surface area contributed by atoms with Crippen molar-refractivity contribution in [2.75, 3.05) is 19.7 Å². The summed E-state index contributed by atoms with van der Waals surface area (Å²) in [5.74, 6) is -0.226. The summed E-state index contributed by atoms with van der Waals surface area (Å²) in [4.78, 5) is 29.7. The molecule has 1 unspecified atom stereocenters. The predicted molar refractivity (Wildman–Crippen MR) is 161 cm³/mol. The summed E-state index contributed by atoms with van der Waals surface area (Å²) in [7, 11) is 0. The molecule has 254 valence electrons. The summed E-state index contributed by atoms with van der Waals surface area (Å²) in [5, 5.41) is 10.5. The zero-order valence-corrected chi connectivity index (χ0v) is 26.0. The van der Waals surface area contributed by atoms with Gasteiger partial charge in [0.15, 0.2) is 0 Å².